The third kappa shape index (κ3) is 5.17. The number of ether oxygens (including phenoxy) is 2. The normalized spacial score (nSPS) is 22.6. The molecule has 1 saturated carbocycles. The van der Waals surface area contributed by atoms with Gasteiger partial charge in [-0.05, 0) is 18.6 Å². The van der Waals surface area contributed by atoms with Gasteiger partial charge in [0, 0.05) is 49.2 Å². The molecule has 2 aliphatic carbocycles. The molecule has 2 aliphatic rings. The SMILES string of the molecule is COC1=C(OCc2ncc(C(F)(F)F)cc2F)C=CC(c2cnc(C3CCC(F)(F)C3)[nH]2)C1. The fourth-order valence-electron chi connectivity index (χ4n) is 4.00. The van der Waals surface area contributed by atoms with Gasteiger partial charge in [-0.3, -0.25) is 4.98 Å². The fraction of sp³-hybridized carbons (Fsp3) is 0.455. The van der Waals surface area contributed by atoms with E-state index in [4.69, 9.17) is 9.47 Å². The third-order valence-electron chi connectivity index (χ3n) is 5.82. The van der Waals surface area contributed by atoms with Gasteiger partial charge in [-0.25, -0.2) is 18.2 Å². The van der Waals surface area contributed by atoms with E-state index in [0.717, 1.165) is 5.69 Å². The Morgan fingerprint density at radius 1 is 1.21 bits per heavy atom. The van der Waals surface area contributed by atoms with Crippen LogP contribution in [0.2, 0.25) is 0 Å². The first-order chi connectivity index (χ1) is 15.6. The largest absolute Gasteiger partial charge is 0.497 e. The van der Waals surface area contributed by atoms with Crippen molar-refractivity contribution in [2.24, 2.45) is 0 Å². The van der Waals surface area contributed by atoms with Crippen LogP contribution < -0.4 is 0 Å². The topological polar surface area (TPSA) is 60.0 Å². The van der Waals surface area contributed by atoms with Crippen LogP contribution in [0.3, 0.4) is 0 Å². The summed E-state index contributed by atoms with van der Waals surface area (Å²) in [7, 11) is 1.44. The van der Waals surface area contributed by atoms with Crippen molar-refractivity contribution in [3.8, 4) is 0 Å². The molecule has 1 N–H and O–H groups in total. The Kier molecular flexibility index (Phi) is 6.15. The second-order valence-electron chi connectivity index (χ2n) is 8.12. The van der Waals surface area contributed by atoms with Crippen LogP contribution in [0.15, 0.2) is 42.1 Å². The Labute approximate surface area is 185 Å². The number of nitrogens with one attached hydrogen (secondary N) is 1. The first-order valence-electron chi connectivity index (χ1n) is 10.3. The number of alkyl halides is 5. The summed E-state index contributed by atoms with van der Waals surface area (Å²) in [6.45, 7) is -0.384. The minimum absolute atomic E-state index is 0.150. The maximum Gasteiger partial charge on any atom is 0.417 e. The Balaban J connectivity index is 1.41. The lowest BCUT2D eigenvalue weighted by atomic mass is 9.95. The molecule has 11 heteroatoms. The molecule has 0 amide bonds. The van der Waals surface area contributed by atoms with Crippen LogP contribution in [0, 0.1) is 5.82 Å². The molecular weight excluding hydrogens is 452 g/mol. The summed E-state index contributed by atoms with van der Waals surface area (Å²) in [4.78, 5) is 10.9. The summed E-state index contributed by atoms with van der Waals surface area (Å²) >= 11 is 0. The molecule has 0 aromatic carbocycles. The highest BCUT2D eigenvalue weighted by molar-refractivity contribution is 5.30. The number of nitrogens with zero attached hydrogens (tertiary/aromatic N) is 2. The molecule has 2 unspecified atom stereocenters. The maximum atomic E-state index is 14.0. The molecule has 4 rings (SSSR count). The molecule has 1 fully saturated rings. The molecular formula is C22H21F6N3O2. The Hall–Kier alpha value is -2.98. The van der Waals surface area contributed by atoms with Crippen molar-refractivity contribution in [2.75, 3.05) is 7.11 Å². The first kappa shape index (κ1) is 23.2. The molecule has 33 heavy (non-hydrogen) atoms. The third-order valence-corrected chi connectivity index (χ3v) is 5.82. The van der Waals surface area contributed by atoms with E-state index in [1.54, 1.807) is 18.3 Å². The standard InChI is InChI=1S/C22H21F6N3O2/c1-32-19-6-12(16-10-30-20(31-16)13-4-5-21(24,25)8-13)2-3-18(19)33-11-17-15(23)7-14(9-29-17)22(26,27)28/h2-3,7,9-10,12-13H,4-6,8,11H2,1H3,(H,30,31). The summed E-state index contributed by atoms with van der Waals surface area (Å²) in [5, 5.41) is 0. The second kappa shape index (κ2) is 8.75. The van der Waals surface area contributed by atoms with Gasteiger partial charge in [-0.15, -0.1) is 0 Å². The minimum atomic E-state index is -4.69. The van der Waals surface area contributed by atoms with Crippen molar-refractivity contribution in [2.45, 2.75) is 56.2 Å². The number of hydrogen-bond donors (Lipinski definition) is 1. The molecule has 0 spiro atoms. The van der Waals surface area contributed by atoms with Crippen LogP contribution in [-0.2, 0) is 22.3 Å². The molecule has 0 bridgehead atoms. The Bertz CT molecular complexity index is 1080. The molecule has 178 valence electrons. The number of rotatable bonds is 6. The molecule has 0 radical (unpaired) electrons. The number of pyridine rings is 1. The van der Waals surface area contributed by atoms with E-state index in [1.165, 1.54) is 7.11 Å². The highest BCUT2D eigenvalue weighted by atomic mass is 19.4. The van der Waals surface area contributed by atoms with Crippen LogP contribution in [0.4, 0.5) is 26.3 Å². The zero-order valence-electron chi connectivity index (χ0n) is 17.6. The van der Waals surface area contributed by atoms with Crippen LogP contribution in [0.1, 0.15) is 60.3 Å². The van der Waals surface area contributed by atoms with Crippen molar-refractivity contribution in [1.82, 2.24) is 15.0 Å². The van der Waals surface area contributed by atoms with Crippen LogP contribution >= 0.6 is 0 Å². The number of allylic oxidation sites excluding steroid dienone is 3. The number of methoxy groups -OCH3 is 1. The smallest absolute Gasteiger partial charge is 0.417 e. The first-order valence-corrected chi connectivity index (χ1v) is 10.3. The van der Waals surface area contributed by atoms with Crippen molar-refractivity contribution in [1.29, 1.82) is 0 Å². The highest BCUT2D eigenvalue weighted by Crippen LogP contribution is 2.43. The van der Waals surface area contributed by atoms with Gasteiger partial charge >= 0.3 is 6.18 Å². The van der Waals surface area contributed by atoms with E-state index in [2.05, 4.69) is 15.0 Å². The lowest BCUT2D eigenvalue weighted by Crippen LogP contribution is -2.11. The molecule has 2 atom stereocenters. The van der Waals surface area contributed by atoms with Gasteiger partial charge < -0.3 is 14.5 Å². The number of imidazole rings is 1. The minimum Gasteiger partial charge on any atom is -0.497 e. The fourth-order valence-corrected chi connectivity index (χ4v) is 4.00. The number of halogens is 6. The number of aromatic amines is 1. The van der Waals surface area contributed by atoms with Crippen LogP contribution in [-0.4, -0.2) is 28.0 Å². The van der Waals surface area contributed by atoms with E-state index in [1.807, 2.05) is 0 Å². The van der Waals surface area contributed by atoms with E-state index in [-0.39, 0.29) is 37.0 Å². The van der Waals surface area contributed by atoms with Gasteiger partial charge in [-0.1, -0.05) is 6.08 Å². The van der Waals surface area contributed by atoms with Crippen molar-refractivity contribution >= 4 is 0 Å². The van der Waals surface area contributed by atoms with Crippen molar-refractivity contribution in [3.05, 3.63) is 70.7 Å². The van der Waals surface area contributed by atoms with Crippen molar-refractivity contribution < 1.29 is 35.8 Å². The van der Waals surface area contributed by atoms with Crippen LogP contribution in [0.5, 0.6) is 0 Å². The van der Waals surface area contributed by atoms with Gasteiger partial charge in [0.15, 0.2) is 5.76 Å². The molecule has 0 aliphatic heterocycles. The zero-order valence-corrected chi connectivity index (χ0v) is 17.6. The maximum absolute atomic E-state index is 14.0. The van der Waals surface area contributed by atoms with E-state index < -0.39 is 23.5 Å². The predicted molar refractivity (Wildman–Crippen MR) is 105 cm³/mol. The summed E-state index contributed by atoms with van der Waals surface area (Å²) in [5.41, 5.74) is -0.713. The molecule has 2 aromatic heterocycles. The Morgan fingerprint density at radius 3 is 2.64 bits per heavy atom. The molecule has 5 nitrogen and oxygen atoms in total. The predicted octanol–water partition coefficient (Wildman–Crippen LogP) is 5.98. The summed E-state index contributed by atoms with van der Waals surface area (Å²) < 4.78 is 89.9. The van der Waals surface area contributed by atoms with Gasteiger partial charge in [0.1, 0.15) is 29.7 Å². The molecule has 0 saturated heterocycles. The van der Waals surface area contributed by atoms with E-state index in [9.17, 15) is 26.3 Å². The summed E-state index contributed by atoms with van der Waals surface area (Å²) in [6.07, 6.45) is 1.25. The highest BCUT2D eigenvalue weighted by Gasteiger charge is 2.41. The van der Waals surface area contributed by atoms with Crippen LogP contribution in [0.25, 0.3) is 0 Å². The quantitative estimate of drug-likeness (QED) is 0.524. The molecule has 2 heterocycles. The second-order valence-corrected chi connectivity index (χ2v) is 8.12. The van der Waals surface area contributed by atoms with E-state index in [0.29, 0.717) is 42.4 Å². The van der Waals surface area contributed by atoms with Gasteiger partial charge in [0.25, 0.3) is 0 Å². The summed E-state index contributed by atoms with van der Waals surface area (Å²) in [5.74, 6) is -3.00. The van der Waals surface area contributed by atoms with Gasteiger partial charge in [0.2, 0.25) is 5.92 Å². The van der Waals surface area contributed by atoms with Crippen molar-refractivity contribution in [3.63, 3.8) is 0 Å². The number of aromatic nitrogens is 3. The molecule has 2 aromatic rings. The average molecular weight is 473 g/mol. The average Bonchev–Trinajstić information content (AvgIpc) is 3.38. The lowest BCUT2D eigenvalue weighted by molar-refractivity contribution is -0.138. The Morgan fingerprint density at radius 2 is 2.00 bits per heavy atom. The summed E-state index contributed by atoms with van der Waals surface area (Å²) in [6, 6.07) is 0.375. The lowest BCUT2D eigenvalue weighted by Gasteiger charge is -2.21. The number of H-pyrrole nitrogens is 1. The van der Waals surface area contributed by atoms with E-state index >= 15 is 0 Å². The monoisotopic (exact) mass is 473 g/mol. The zero-order chi connectivity index (χ0) is 23.8. The van der Waals surface area contributed by atoms with Gasteiger partial charge in [0.05, 0.1) is 12.7 Å². The number of hydrogen-bond acceptors (Lipinski definition) is 4. The van der Waals surface area contributed by atoms with Gasteiger partial charge in [-0.2, -0.15) is 13.2 Å².